The minimum Gasteiger partial charge on any atom is -0.423 e. The van der Waals surface area contributed by atoms with Crippen molar-refractivity contribution in [3.05, 3.63) is 165 Å². The van der Waals surface area contributed by atoms with E-state index in [4.69, 9.17) is 9.47 Å². The highest BCUT2D eigenvalue weighted by atomic mass is 16.5. The molecule has 0 saturated heterocycles. The summed E-state index contributed by atoms with van der Waals surface area (Å²) in [5, 5.41) is 2.33. The van der Waals surface area contributed by atoms with Crippen LogP contribution in [0.5, 0.6) is 11.5 Å². The minimum atomic E-state index is -0.488. The first-order chi connectivity index (χ1) is 22.0. The molecule has 5 nitrogen and oxygen atoms in total. The fourth-order valence-electron chi connectivity index (χ4n) is 5.12. The topological polar surface area (TPSA) is 55.8 Å². The van der Waals surface area contributed by atoms with Crippen LogP contribution >= 0.6 is 0 Å². The van der Waals surface area contributed by atoms with Gasteiger partial charge in [0.15, 0.2) is 0 Å². The molecule has 5 heteroatoms. The van der Waals surface area contributed by atoms with Crippen molar-refractivity contribution >= 4 is 39.8 Å². The highest BCUT2D eigenvalue weighted by Crippen LogP contribution is 2.38. The highest BCUT2D eigenvalue weighted by Gasteiger charge is 2.14. The molecule has 0 aliphatic heterocycles. The van der Waals surface area contributed by atoms with Crippen LogP contribution in [0.4, 0.5) is 17.1 Å². The van der Waals surface area contributed by atoms with Crippen LogP contribution in [0.15, 0.2) is 165 Å². The first kappa shape index (κ1) is 28.9. The van der Waals surface area contributed by atoms with Gasteiger partial charge in [-0.15, -0.1) is 0 Å². The Morgan fingerprint density at radius 3 is 1.27 bits per heavy atom. The van der Waals surface area contributed by atoms with E-state index in [1.165, 1.54) is 5.39 Å². The van der Waals surface area contributed by atoms with E-state index in [0.29, 0.717) is 11.5 Å². The minimum absolute atomic E-state index is 0.471. The predicted molar refractivity (Wildman–Crippen MR) is 181 cm³/mol. The van der Waals surface area contributed by atoms with Crippen molar-refractivity contribution in [3.8, 4) is 33.8 Å². The Balaban J connectivity index is 1.32. The molecule has 0 bridgehead atoms. The summed E-state index contributed by atoms with van der Waals surface area (Å²) in [5.74, 6) is -0.0340. The maximum Gasteiger partial charge on any atom is 0.335 e. The van der Waals surface area contributed by atoms with Crippen molar-refractivity contribution in [2.45, 2.75) is 0 Å². The fraction of sp³-hybridized carbons (Fsp3) is 0. The van der Waals surface area contributed by atoms with Gasteiger partial charge in [0.05, 0.1) is 0 Å². The molecule has 0 spiro atoms. The van der Waals surface area contributed by atoms with Gasteiger partial charge in [-0.3, -0.25) is 0 Å². The lowest BCUT2D eigenvalue weighted by atomic mass is 10.0. The van der Waals surface area contributed by atoms with Crippen molar-refractivity contribution in [1.29, 1.82) is 0 Å². The Labute approximate surface area is 261 Å². The molecule has 0 atom stereocenters. The van der Waals surface area contributed by atoms with E-state index < -0.39 is 11.9 Å². The van der Waals surface area contributed by atoms with E-state index in [9.17, 15) is 9.59 Å². The van der Waals surface area contributed by atoms with Crippen LogP contribution in [0.2, 0.25) is 0 Å². The monoisotopic (exact) mass is 587 g/mol. The molecule has 45 heavy (non-hydrogen) atoms. The number of hydrogen-bond donors (Lipinski definition) is 0. The zero-order chi connectivity index (χ0) is 31.2. The molecule has 0 unspecified atom stereocenters. The molecule has 0 saturated carbocycles. The fourth-order valence-corrected chi connectivity index (χ4v) is 5.12. The number of hydrogen-bond acceptors (Lipinski definition) is 5. The molecule has 0 aromatic heterocycles. The molecule has 0 fully saturated rings. The van der Waals surface area contributed by atoms with Gasteiger partial charge < -0.3 is 14.4 Å². The smallest absolute Gasteiger partial charge is 0.335 e. The number of anilines is 3. The van der Waals surface area contributed by atoms with Crippen LogP contribution in [0.3, 0.4) is 0 Å². The van der Waals surface area contributed by atoms with Gasteiger partial charge in [-0.2, -0.15) is 0 Å². The summed E-state index contributed by atoms with van der Waals surface area (Å²) in [6, 6.07) is 46.4. The summed E-state index contributed by atoms with van der Waals surface area (Å²) >= 11 is 0. The first-order valence-corrected chi connectivity index (χ1v) is 14.4. The van der Waals surface area contributed by atoms with Gasteiger partial charge in [0, 0.05) is 29.2 Å². The van der Waals surface area contributed by atoms with Crippen LogP contribution in [0.1, 0.15) is 0 Å². The third-order valence-corrected chi connectivity index (χ3v) is 7.39. The second kappa shape index (κ2) is 13.0. The molecule has 0 heterocycles. The predicted octanol–water partition coefficient (Wildman–Crippen LogP) is 9.83. The van der Waals surface area contributed by atoms with Crippen LogP contribution in [0, 0.1) is 0 Å². The summed E-state index contributed by atoms with van der Waals surface area (Å²) in [5.41, 5.74) is 7.14. The SMILES string of the molecule is C=CC(=O)Oc1ccc(-c2ccc(N(c3ccc(-c4ccc(OC(=O)C=C)cc4)cc3)c3ccc4ccccc4c3)cc2)cc1. The maximum absolute atomic E-state index is 11.5. The standard InChI is InChI=1S/C40H29NO4/c1-3-39(42)44-37-23-14-31(15-24-37)29-9-18-34(19-10-29)41(36-22-13-28-7-5-6-8-33(28)27-36)35-20-11-30(12-21-35)32-16-25-38(26-17-32)45-40(43)4-2/h3-27H,1-2H2. The molecule has 0 amide bonds. The average molecular weight is 588 g/mol. The molecular weight excluding hydrogens is 558 g/mol. The van der Waals surface area contributed by atoms with Crippen molar-refractivity contribution in [2.75, 3.05) is 4.90 Å². The Morgan fingerprint density at radius 2 is 0.844 bits per heavy atom. The Morgan fingerprint density at radius 1 is 0.467 bits per heavy atom. The number of nitrogens with zero attached hydrogens (tertiary/aromatic N) is 1. The quantitative estimate of drug-likeness (QED) is 0.0957. The molecule has 0 radical (unpaired) electrons. The summed E-state index contributed by atoms with van der Waals surface area (Å²) in [6.45, 7) is 6.88. The zero-order valence-electron chi connectivity index (χ0n) is 24.4. The molecule has 6 aromatic rings. The molecule has 6 aromatic carbocycles. The van der Waals surface area contributed by atoms with E-state index in [1.54, 1.807) is 24.3 Å². The van der Waals surface area contributed by atoms with E-state index in [0.717, 1.165) is 56.9 Å². The van der Waals surface area contributed by atoms with Gasteiger partial charge in [0.25, 0.3) is 0 Å². The molecule has 0 N–H and O–H groups in total. The summed E-state index contributed by atoms with van der Waals surface area (Å²) in [7, 11) is 0. The Bertz CT molecular complexity index is 1880. The van der Waals surface area contributed by atoms with Crippen molar-refractivity contribution in [1.82, 2.24) is 0 Å². The molecule has 6 rings (SSSR count). The molecule has 218 valence electrons. The summed E-state index contributed by atoms with van der Waals surface area (Å²) < 4.78 is 10.4. The zero-order valence-corrected chi connectivity index (χ0v) is 24.4. The Hall–Kier alpha value is -6.20. The summed E-state index contributed by atoms with van der Waals surface area (Å²) in [6.07, 6.45) is 2.29. The van der Waals surface area contributed by atoms with Gasteiger partial charge in [0.1, 0.15) is 11.5 Å². The average Bonchev–Trinajstić information content (AvgIpc) is 3.09. The van der Waals surface area contributed by atoms with Crippen molar-refractivity contribution in [3.63, 3.8) is 0 Å². The largest absolute Gasteiger partial charge is 0.423 e. The normalized spacial score (nSPS) is 10.6. The number of carbonyl (C=O) groups excluding carboxylic acids is 2. The van der Waals surface area contributed by atoms with E-state index in [2.05, 4.69) is 96.9 Å². The number of rotatable bonds is 9. The highest BCUT2D eigenvalue weighted by molar-refractivity contribution is 5.90. The van der Waals surface area contributed by atoms with Crippen molar-refractivity contribution in [2.24, 2.45) is 0 Å². The third-order valence-electron chi connectivity index (χ3n) is 7.39. The van der Waals surface area contributed by atoms with Crippen LogP contribution in [-0.4, -0.2) is 11.9 Å². The summed E-state index contributed by atoms with van der Waals surface area (Å²) in [4.78, 5) is 25.3. The van der Waals surface area contributed by atoms with Crippen LogP contribution in [0.25, 0.3) is 33.0 Å². The number of carbonyl (C=O) groups is 2. The van der Waals surface area contributed by atoms with Gasteiger partial charge in [0.2, 0.25) is 0 Å². The lowest BCUT2D eigenvalue weighted by Crippen LogP contribution is -2.09. The maximum atomic E-state index is 11.5. The third kappa shape index (κ3) is 6.58. The molecule has 0 aliphatic carbocycles. The van der Waals surface area contributed by atoms with Crippen LogP contribution < -0.4 is 14.4 Å². The second-order valence-corrected chi connectivity index (χ2v) is 10.3. The van der Waals surface area contributed by atoms with Gasteiger partial charge >= 0.3 is 11.9 Å². The van der Waals surface area contributed by atoms with E-state index in [-0.39, 0.29) is 0 Å². The number of esters is 2. The molecular formula is C40H29NO4. The van der Waals surface area contributed by atoms with E-state index in [1.807, 2.05) is 36.4 Å². The lowest BCUT2D eigenvalue weighted by Gasteiger charge is -2.26. The van der Waals surface area contributed by atoms with Crippen LogP contribution in [-0.2, 0) is 9.59 Å². The number of fused-ring (bicyclic) bond motifs is 1. The van der Waals surface area contributed by atoms with Crippen molar-refractivity contribution < 1.29 is 19.1 Å². The van der Waals surface area contributed by atoms with E-state index >= 15 is 0 Å². The second-order valence-electron chi connectivity index (χ2n) is 10.3. The number of ether oxygens (including phenoxy) is 2. The first-order valence-electron chi connectivity index (χ1n) is 14.4. The van der Waals surface area contributed by atoms with Gasteiger partial charge in [-0.05, 0) is 93.7 Å². The number of benzene rings is 6. The molecule has 0 aliphatic rings. The van der Waals surface area contributed by atoms with Gasteiger partial charge in [-0.25, -0.2) is 9.59 Å². The lowest BCUT2D eigenvalue weighted by molar-refractivity contribution is -0.129. The van der Waals surface area contributed by atoms with Gasteiger partial charge in [-0.1, -0.05) is 92.0 Å². The Kier molecular flexibility index (Phi) is 8.34.